The molecule has 0 radical (unpaired) electrons. The van der Waals surface area contributed by atoms with Gasteiger partial charge in [0, 0.05) is 25.7 Å². The third-order valence-corrected chi connectivity index (χ3v) is 3.50. The topological polar surface area (TPSA) is 53.6 Å². The molecule has 0 atom stereocenters. The second kappa shape index (κ2) is 7.61. The molecule has 0 unspecified atom stereocenters. The first-order chi connectivity index (χ1) is 10.2. The fourth-order valence-electron chi connectivity index (χ4n) is 2.28. The van der Waals surface area contributed by atoms with Crippen LogP contribution in [0.3, 0.4) is 0 Å². The first kappa shape index (κ1) is 15.3. The maximum absolute atomic E-state index is 8.90. The lowest BCUT2D eigenvalue weighted by molar-refractivity contribution is 0.666. The van der Waals surface area contributed by atoms with E-state index in [1.54, 1.807) is 0 Å². The molecule has 0 aliphatic carbocycles. The summed E-state index contributed by atoms with van der Waals surface area (Å²) in [5.41, 5.74) is 4.20. The van der Waals surface area contributed by atoms with Crippen LogP contribution in [0, 0.1) is 18.3 Å². The average Bonchev–Trinajstić information content (AvgIpc) is 2.93. The predicted octanol–water partition coefficient (Wildman–Crippen LogP) is 2.65. The zero-order valence-corrected chi connectivity index (χ0v) is 12.8. The highest BCUT2D eigenvalue weighted by Crippen LogP contribution is 2.12. The van der Waals surface area contributed by atoms with Gasteiger partial charge in [-0.3, -0.25) is 0 Å². The number of hydrogen-bond donors (Lipinski definition) is 1. The first-order valence-electron chi connectivity index (χ1n) is 7.44. The fraction of sp³-hybridized carbons (Fsp3) is 0.412. The van der Waals surface area contributed by atoms with Gasteiger partial charge in [-0.05, 0) is 43.1 Å². The van der Waals surface area contributed by atoms with E-state index in [2.05, 4.69) is 34.1 Å². The van der Waals surface area contributed by atoms with E-state index in [-0.39, 0.29) is 0 Å². The van der Waals surface area contributed by atoms with E-state index < -0.39 is 0 Å². The summed E-state index contributed by atoms with van der Waals surface area (Å²) in [6, 6.07) is 8.00. The van der Waals surface area contributed by atoms with E-state index in [9.17, 15) is 0 Å². The van der Waals surface area contributed by atoms with E-state index in [0.717, 1.165) is 43.7 Å². The highest BCUT2D eigenvalue weighted by atomic mass is 15.0. The molecule has 1 aromatic carbocycles. The van der Waals surface area contributed by atoms with Crippen molar-refractivity contribution in [3.8, 4) is 6.07 Å². The molecule has 0 aliphatic heterocycles. The number of aryl methyl sites for hydroxylation is 1. The molecule has 0 bridgehead atoms. The summed E-state index contributed by atoms with van der Waals surface area (Å²) in [6.07, 6.45) is 6.10. The number of benzene rings is 1. The van der Waals surface area contributed by atoms with Crippen molar-refractivity contribution in [3.63, 3.8) is 0 Å². The molecule has 1 aromatic heterocycles. The summed E-state index contributed by atoms with van der Waals surface area (Å²) in [4.78, 5) is 4.44. The van der Waals surface area contributed by atoms with Crippen LogP contribution in [0.25, 0.3) is 0 Å². The van der Waals surface area contributed by atoms with Crippen LogP contribution in [0.2, 0.25) is 0 Å². The van der Waals surface area contributed by atoms with Gasteiger partial charge in [-0.15, -0.1) is 0 Å². The smallest absolute Gasteiger partial charge is 0.0991 e. The SMILES string of the molecule is CCCNCCc1cn(Cc2ccc(C#N)cc2C)cn1. The number of nitriles is 1. The highest BCUT2D eigenvalue weighted by molar-refractivity contribution is 5.37. The maximum atomic E-state index is 8.90. The van der Waals surface area contributed by atoms with Gasteiger partial charge in [0.1, 0.15) is 0 Å². The van der Waals surface area contributed by atoms with Crippen molar-refractivity contribution in [1.29, 1.82) is 5.26 Å². The van der Waals surface area contributed by atoms with Crippen LogP contribution in [0.4, 0.5) is 0 Å². The Morgan fingerprint density at radius 2 is 2.19 bits per heavy atom. The molecule has 0 aliphatic rings. The largest absolute Gasteiger partial charge is 0.333 e. The van der Waals surface area contributed by atoms with Crippen molar-refractivity contribution in [1.82, 2.24) is 14.9 Å². The summed E-state index contributed by atoms with van der Waals surface area (Å²) in [6.45, 7) is 7.04. The van der Waals surface area contributed by atoms with Gasteiger partial charge in [0.15, 0.2) is 0 Å². The van der Waals surface area contributed by atoms with Gasteiger partial charge < -0.3 is 9.88 Å². The molecule has 0 saturated carbocycles. The summed E-state index contributed by atoms with van der Waals surface area (Å²) < 4.78 is 2.10. The standard InChI is InChI=1S/C17H22N4/c1-3-7-19-8-6-17-12-21(13-20-17)11-16-5-4-15(10-18)9-14(16)2/h4-5,9,12-13,19H,3,6-8,11H2,1-2H3. The lowest BCUT2D eigenvalue weighted by atomic mass is 10.1. The van der Waals surface area contributed by atoms with Gasteiger partial charge in [0.05, 0.1) is 23.7 Å². The van der Waals surface area contributed by atoms with Gasteiger partial charge in [0.2, 0.25) is 0 Å². The minimum Gasteiger partial charge on any atom is -0.333 e. The van der Waals surface area contributed by atoms with E-state index in [0.29, 0.717) is 5.56 Å². The highest BCUT2D eigenvalue weighted by Gasteiger charge is 2.03. The normalized spacial score (nSPS) is 10.5. The number of aromatic nitrogens is 2. The molecule has 110 valence electrons. The van der Waals surface area contributed by atoms with E-state index in [4.69, 9.17) is 5.26 Å². The molecular weight excluding hydrogens is 260 g/mol. The molecule has 21 heavy (non-hydrogen) atoms. The van der Waals surface area contributed by atoms with Crippen molar-refractivity contribution < 1.29 is 0 Å². The Morgan fingerprint density at radius 3 is 2.90 bits per heavy atom. The lowest BCUT2D eigenvalue weighted by Gasteiger charge is -2.06. The van der Waals surface area contributed by atoms with Crippen molar-refractivity contribution in [2.45, 2.75) is 33.2 Å². The molecule has 4 nitrogen and oxygen atoms in total. The quantitative estimate of drug-likeness (QED) is 0.794. The Kier molecular flexibility index (Phi) is 5.53. The van der Waals surface area contributed by atoms with Gasteiger partial charge in [-0.2, -0.15) is 5.26 Å². The van der Waals surface area contributed by atoms with E-state index in [1.165, 1.54) is 5.56 Å². The zero-order valence-electron chi connectivity index (χ0n) is 12.8. The Morgan fingerprint density at radius 1 is 1.33 bits per heavy atom. The number of imidazole rings is 1. The van der Waals surface area contributed by atoms with Crippen molar-refractivity contribution in [2.24, 2.45) is 0 Å². The summed E-state index contributed by atoms with van der Waals surface area (Å²) in [5, 5.41) is 12.3. The summed E-state index contributed by atoms with van der Waals surface area (Å²) in [5.74, 6) is 0. The maximum Gasteiger partial charge on any atom is 0.0991 e. The molecule has 1 N–H and O–H groups in total. The molecule has 2 aromatic rings. The summed E-state index contributed by atoms with van der Waals surface area (Å²) in [7, 11) is 0. The van der Waals surface area contributed by atoms with Crippen LogP contribution in [0.15, 0.2) is 30.7 Å². The second-order valence-corrected chi connectivity index (χ2v) is 5.29. The van der Waals surface area contributed by atoms with Gasteiger partial charge >= 0.3 is 0 Å². The number of nitrogens with zero attached hydrogens (tertiary/aromatic N) is 3. The lowest BCUT2D eigenvalue weighted by Crippen LogP contribution is -2.17. The van der Waals surface area contributed by atoms with Crippen molar-refractivity contribution in [2.75, 3.05) is 13.1 Å². The minimum absolute atomic E-state index is 0.713. The zero-order chi connectivity index (χ0) is 15.1. The van der Waals surface area contributed by atoms with Gasteiger partial charge in [0.25, 0.3) is 0 Å². The first-order valence-corrected chi connectivity index (χ1v) is 7.44. The van der Waals surface area contributed by atoms with Crippen LogP contribution in [0.1, 0.15) is 35.7 Å². The van der Waals surface area contributed by atoms with Gasteiger partial charge in [-0.25, -0.2) is 4.98 Å². The van der Waals surface area contributed by atoms with E-state index >= 15 is 0 Å². The molecular formula is C17H22N4. The molecule has 0 amide bonds. The second-order valence-electron chi connectivity index (χ2n) is 5.29. The average molecular weight is 282 g/mol. The third kappa shape index (κ3) is 4.44. The Balaban J connectivity index is 1.95. The third-order valence-electron chi connectivity index (χ3n) is 3.50. The monoisotopic (exact) mass is 282 g/mol. The van der Waals surface area contributed by atoms with Crippen LogP contribution in [-0.2, 0) is 13.0 Å². The predicted molar refractivity (Wildman–Crippen MR) is 84.1 cm³/mol. The minimum atomic E-state index is 0.713. The number of hydrogen-bond acceptors (Lipinski definition) is 3. The number of rotatable bonds is 7. The molecule has 0 spiro atoms. The van der Waals surface area contributed by atoms with Crippen LogP contribution < -0.4 is 5.32 Å². The van der Waals surface area contributed by atoms with Crippen LogP contribution in [0.5, 0.6) is 0 Å². The summed E-state index contributed by atoms with van der Waals surface area (Å²) >= 11 is 0. The van der Waals surface area contributed by atoms with Crippen molar-refractivity contribution >= 4 is 0 Å². The van der Waals surface area contributed by atoms with E-state index in [1.807, 2.05) is 31.5 Å². The Hall–Kier alpha value is -2.12. The molecule has 0 fully saturated rings. The molecule has 1 heterocycles. The molecule has 0 saturated heterocycles. The molecule has 4 heteroatoms. The molecule has 2 rings (SSSR count). The van der Waals surface area contributed by atoms with Crippen LogP contribution in [-0.4, -0.2) is 22.6 Å². The van der Waals surface area contributed by atoms with Crippen molar-refractivity contribution in [3.05, 3.63) is 53.1 Å². The Labute approximate surface area is 126 Å². The van der Waals surface area contributed by atoms with Gasteiger partial charge in [-0.1, -0.05) is 13.0 Å². The van der Waals surface area contributed by atoms with Crippen LogP contribution >= 0.6 is 0 Å². The Bertz CT molecular complexity index is 622. The fourth-order valence-corrected chi connectivity index (χ4v) is 2.28. The number of nitrogens with one attached hydrogen (secondary N) is 1.